The summed E-state index contributed by atoms with van der Waals surface area (Å²) < 4.78 is 7.04. The number of hydrogen-bond acceptors (Lipinski definition) is 10. The average molecular weight is 1170 g/mol. The largest absolute Gasteiger partial charge is 0.303 e. The Morgan fingerprint density at radius 2 is 1.00 bits per heavy atom. The minimum Gasteiger partial charge on any atom is -0.303 e. The molecule has 0 radical (unpaired) electrons. The molecule has 6 atom stereocenters. The Kier molecular flexibility index (Phi) is 12.1. The smallest absolute Gasteiger partial charge is 0.251 e. The van der Waals surface area contributed by atoms with Gasteiger partial charge in [-0.2, -0.15) is 0 Å². The van der Waals surface area contributed by atoms with Crippen molar-refractivity contribution in [3.8, 4) is 33.6 Å². The molecule has 0 N–H and O–H groups in total. The van der Waals surface area contributed by atoms with Crippen LogP contribution in [0, 0.1) is 11.8 Å². The number of pyridine rings is 2. The Balaban J connectivity index is 0.000000139. The maximum atomic E-state index is 13.7. The van der Waals surface area contributed by atoms with Crippen molar-refractivity contribution in [1.82, 2.24) is 39.1 Å². The van der Waals surface area contributed by atoms with Crippen LogP contribution in [0.2, 0.25) is 20.4 Å². The molecule has 4 aliphatic carbocycles. The van der Waals surface area contributed by atoms with Crippen molar-refractivity contribution in [2.24, 2.45) is 21.8 Å². The molecule has 16 rings (SSSR count). The van der Waals surface area contributed by atoms with E-state index in [0.29, 0.717) is 76.8 Å². The van der Waals surface area contributed by atoms with Crippen LogP contribution in [0.5, 0.6) is 0 Å². The summed E-state index contributed by atoms with van der Waals surface area (Å²) in [6, 6.07) is 31.0. The number of aliphatic imine (C=N–C) groups is 2. The van der Waals surface area contributed by atoms with E-state index in [1.54, 1.807) is 46.0 Å². The van der Waals surface area contributed by atoms with Gasteiger partial charge in [0, 0.05) is 118 Å². The number of benzene rings is 4. The van der Waals surface area contributed by atoms with E-state index < -0.39 is 0 Å². The molecule has 8 aliphatic rings. The fourth-order valence-electron chi connectivity index (χ4n) is 13.5. The van der Waals surface area contributed by atoms with Crippen molar-refractivity contribution in [1.29, 1.82) is 0 Å². The lowest BCUT2D eigenvalue weighted by Crippen LogP contribution is -2.29. The van der Waals surface area contributed by atoms with Gasteiger partial charge in [-0.05, 0) is 136 Å². The molecule has 2 fully saturated rings. The summed E-state index contributed by atoms with van der Waals surface area (Å²) in [5.74, 6) is 1.95. The van der Waals surface area contributed by atoms with Crippen molar-refractivity contribution in [2.45, 2.75) is 88.1 Å². The molecule has 4 aliphatic heterocycles. The Labute approximate surface area is 488 Å². The van der Waals surface area contributed by atoms with Gasteiger partial charge >= 0.3 is 0 Å². The number of hydrogen-bond donors (Lipinski definition) is 0. The number of nitrogens with zero attached hydrogens (tertiary/aromatic N) is 10. The van der Waals surface area contributed by atoms with Gasteiger partial charge in [0.1, 0.15) is 16.7 Å². The second kappa shape index (κ2) is 19.4. The Morgan fingerprint density at radius 1 is 0.481 bits per heavy atom. The predicted octanol–water partition coefficient (Wildman–Crippen LogP) is 12.6. The summed E-state index contributed by atoms with van der Waals surface area (Å²) in [5, 5.41) is 18.2. The van der Waals surface area contributed by atoms with E-state index in [1.807, 2.05) is 51.7 Å². The van der Waals surface area contributed by atoms with Gasteiger partial charge in [-0.1, -0.05) is 105 Å². The van der Waals surface area contributed by atoms with Crippen molar-refractivity contribution < 1.29 is 9.59 Å². The highest BCUT2D eigenvalue weighted by atomic mass is 35.5. The number of aromatic nitrogens is 8. The molecular formula is C62H45Cl5N10O4. The van der Waals surface area contributed by atoms with Gasteiger partial charge in [0.2, 0.25) is 0 Å². The molecule has 4 aromatic heterocycles. The average Bonchev–Trinajstić information content (AvgIpc) is 3.30. The van der Waals surface area contributed by atoms with Crippen LogP contribution < -0.4 is 11.1 Å². The van der Waals surface area contributed by atoms with E-state index in [9.17, 15) is 19.2 Å². The topological polar surface area (TPSA) is 164 Å². The van der Waals surface area contributed by atoms with Crippen LogP contribution in [-0.2, 0) is 35.3 Å². The first-order valence-electron chi connectivity index (χ1n) is 27.1. The van der Waals surface area contributed by atoms with E-state index in [4.69, 9.17) is 68.0 Å². The molecule has 4 aromatic carbocycles. The Hall–Kier alpha value is -7.33. The quantitative estimate of drug-likeness (QED) is 0.136. The zero-order valence-electron chi connectivity index (χ0n) is 43.0. The number of carbonyl (C=O) groups excluding carboxylic acids is 2. The summed E-state index contributed by atoms with van der Waals surface area (Å²) in [4.78, 5) is 60.8. The van der Waals surface area contributed by atoms with E-state index >= 15 is 0 Å². The standard InChI is InChI=1S/C31H22Cl3N5O2.C31H23Cl2N5O2/c32-19-4-6-26(38-14-28(33)36-37-38)21(11-19)18-9-27-23-12-24(23)30(39(27)29(41)10-18)25-13-22(31(34)35-25)17-2-1-16-8-20(40)5-3-15(16)7-17;32-21-4-6-27(37-15-29(33)35-36-37)23(12-21)19-10-28-24-13-25(24)31(38(28)30(40)11-19)26-9-20(14-34-26)17-1-2-18-8-22(39)5-3-16(18)7-17/h1-2,4,6-7,9-11,14,23-24,30H,3,5,8,12-13H2;1-2,4,6-7,10-12,14-15,24-25,31H,3,5,8-9,13H2/t23-,24+,30+;24-,25+,31+/m11/s1. The molecule has 0 amide bonds. The maximum absolute atomic E-state index is 13.7. The Bertz CT molecular complexity index is 4370. The molecular weight excluding hydrogens is 1130 g/mol. The SMILES string of the molecule is O=C1CCc2cc(C3=C(Cl)N=C([C@@H]4[C@H]5C[C@H]5c5cc(-c6cc(Cl)ccc6-n6cc(Cl)nn6)cc(=O)n54)C3)ccc2C1.O=C1CCc2cc(C3=CN=C([C@@H]4[C@H]5C[C@H]5c5cc(-c6cc(Cl)ccc6-n6cc(Cl)nn6)cc(=O)n54)C3)ccc2C1. The number of ketones is 2. The van der Waals surface area contributed by atoms with Crippen molar-refractivity contribution in [3.63, 3.8) is 0 Å². The van der Waals surface area contributed by atoms with E-state index in [2.05, 4.69) is 57.0 Å². The summed E-state index contributed by atoms with van der Waals surface area (Å²) >= 11 is 31.6. The zero-order chi connectivity index (χ0) is 55.1. The number of Topliss-reactive ketones (excluding diaryl/α,β-unsaturated/α-hetero) is 2. The van der Waals surface area contributed by atoms with Crippen LogP contribution in [0.25, 0.3) is 44.8 Å². The molecule has 2 saturated carbocycles. The summed E-state index contributed by atoms with van der Waals surface area (Å²) in [7, 11) is 0. The van der Waals surface area contributed by atoms with Crippen molar-refractivity contribution >= 4 is 92.1 Å². The highest BCUT2D eigenvalue weighted by Gasteiger charge is 2.56. The minimum absolute atomic E-state index is 0.0292. The lowest BCUT2D eigenvalue weighted by molar-refractivity contribution is -0.119. The van der Waals surface area contributed by atoms with Crippen molar-refractivity contribution in [2.75, 3.05) is 0 Å². The lowest BCUT2D eigenvalue weighted by Gasteiger charge is -2.20. The van der Waals surface area contributed by atoms with Gasteiger partial charge in [0.15, 0.2) is 10.3 Å². The first-order valence-corrected chi connectivity index (χ1v) is 28.9. The molecule has 0 spiro atoms. The number of halogens is 5. The third-order valence-corrected chi connectivity index (χ3v) is 18.6. The van der Waals surface area contributed by atoms with Crippen LogP contribution in [-0.4, -0.2) is 62.1 Å². The normalized spacial score (nSPS) is 22.5. The molecule has 0 saturated heterocycles. The van der Waals surface area contributed by atoms with Crippen LogP contribution in [0.15, 0.2) is 140 Å². The van der Waals surface area contributed by atoms with Gasteiger partial charge in [-0.15, -0.1) is 10.2 Å². The third kappa shape index (κ3) is 8.92. The van der Waals surface area contributed by atoms with Gasteiger partial charge in [-0.3, -0.25) is 24.2 Å². The molecule has 81 heavy (non-hydrogen) atoms. The fraction of sp³-hybridized carbons (Fsp3) is 0.258. The van der Waals surface area contributed by atoms with Crippen LogP contribution in [0.3, 0.4) is 0 Å². The molecule has 8 aromatic rings. The van der Waals surface area contributed by atoms with E-state index in [0.717, 1.165) is 116 Å². The number of fused-ring (bicyclic) bond motifs is 8. The van der Waals surface area contributed by atoms with Crippen LogP contribution in [0.1, 0.15) is 107 Å². The number of allylic oxidation sites excluding steroid dienone is 2. The second-order valence-electron chi connectivity index (χ2n) is 22.3. The van der Waals surface area contributed by atoms with Crippen LogP contribution in [0.4, 0.5) is 0 Å². The molecule has 14 nitrogen and oxygen atoms in total. The molecule has 402 valence electrons. The Morgan fingerprint density at radius 3 is 1.53 bits per heavy atom. The second-order valence-corrected chi connectivity index (χ2v) is 24.4. The van der Waals surface area contributed by atoms with E-state index in [-0.39, 0.29) is 39.3 Å². The van der Waals surface area contributed by atoms with Gasteiger partial charge in [0.05, 0.1) is 35.9 Å². The number of rotatable bonds is 8. The first-order chi connectivity index (χ1) is 39.3. The summed E-state index contributed by atoms with van der Waals surface area (Å²) in [6.45, 7) is 0. The first kappa shape index (κ1) is 50.6. The molecule has 8 heterocycles. The number of carbonyl (C=O) groups is 2. The number of aryl methyl sites for hydroxylation is 2. The fourth-order valence-corrected chi connectivity index (χ4v) is 14.4. The monoisotopic (exact) mass is 1170 g/mol. The minimum atomic E-state index is -0.119. The lowest BCUT2D eigenvalue weighted by atomic mass is 9.87. The zero-order valence-corrected chi connectivity index (χ0v) is 46.8. The van der Waals surface area contributed by atoms with E-state index in [1.165, 1.54) is 16.7 Å². The van der Waals surface area contributed by atoms with Gasteiger partial charge in [-0.25, -0.2) is 14.4 Å². The van der Waals surface area contributed by atoms with Crippen molar-refractivity contribution in [3.05, 3.63) is 207 Å². The molecule has 0 bridgehead atoms. The van der Waals surface area contributed by atoms with Gasteiger partial charge in [0.25, 0.3) is 11.1 Å². The highest BCUT2D eigenvalue weighted by molar-refractivity contribution is 6.35. The third-order valence-electron chi connectivity index (χ3n) is 17.5. The molecule has 0 unspecified atom stereocenters. The van der Waals surface area contributed by atoms with Gasteiger partial charge < -0.3 is 9.13 Å². The van der Waals surface area contributed by atoms with Crippen LogP contribution >= 0.6 is 58.0 Å². The predicted molar refractivity (Wildman–Crippen MR) is 314 cm³/mol. The summed E-state index contributed by atoms with van der Waals surface area (Å²) in [5.41, 5.74) is 17.6. The highest BCUT2D eigenvalue weighted by Crippen LogP contribution is 2.62. The molecule has 19 heteroatoms. The maximum Gasteiger partial charge on any atom is 0.251 e. The summed E-state index contributed by atoms with van der Waals surface area (Å²) in [6.07, 6.45) is 12.4.